The molecule has 0 radical (unpaired) electrons. The van der Waals surface area contributed by atoms with Gasteiger partial charge < -0.3 is 4.74 Å². The Morgan fingerprint density at radius 3 is 2.76 bits per heavy atom. The first-order chi connectivity index (χ1) is 13.9. The van der Waals surface area contributed by atoms with Gasteiger partial charge in [0.05, 0.1) is 18.0 Å². The Hall–Kier alpha value is -2.45. The zero-order valence-electron chi connectivity index (χ0n) is 16.8. The van der Waals surface area contributed by atoms with E-state index >= 15 is 0 Å². The van der Waals surface area contributed by atoms with Crippen molar-refractivity contribution in [3.05, 3.63) is 57.8 Å². The molecule has 29 heavy (non-hydrogen) atoms. The van der Waals surface area contributed by atoms with Gasteiger partial charge in [-0.2, -0.15) is 0 Å². The predicted octanol–water partition coefficient (Wildman–Crippen LogP) is 4.26. The van der Waals surface area contributed by atoms with Gasteiger partial charge in [0.25, 0.3) is 0 Å². The van der Waals surface area contributed by atoms with Gasteiger partial charge in [-0.15, -0.1) is 11.3 Å². The van der Waals surface area contributed by atoms with E-state index in [-0.39, 0.29) is 18.1 Å². The fourth-order valence-electron chi connectivity index (χ4n) is 2.88. The number of ketones is 1. The summed E-state index contributed by atoms with van der Waals surface area (Å²) in [5, 5.41) is 3.00. The van der Waals surface area contributed by atoms with Crippen molar-refractivity contribution in [1.29, 1.82) is 0 Å². The molecule has 1 aromatic carbocycles. The van der Waals surface area contributed by atoms with E-state index in [0.29, 0.717) is 10.2 Å². The molecule has 1 atom stereocenters. The van der Waals surface area contributed by atoms with Crippen molar-refractivity contribution >= 4 is 34.9 Å². The maximum absolute atomic E-state index is 12.9. The number of esters is 1. The lowest BCUT2D eigenvalue weighted by Crippen LogP contribution is -2.25. The highest BCUT2D eigenvalue weighted by Crippen LogP contribution is 2.28. The third kappa shape index (κ3) is 4.94. The van der Waals surface area contributed by atoms with Crippen LogP contribution in [0.5, 0.6) is 0 Å². The van der Waals surface area contributed by atoms with Crippen LogP contribution >= 0.6 is 23.1 Å². The molecule has 0 aliphatic carbocycles. The SMILES string of the molecule is CCOC(=O)[C@@H](C(=O)CSc1nccn1-c1cc(C)ccc1C)c1nc(C)cs1. The molecule has 0 bridgehead atoms. The second-order valence-corrected chi connectivity index (χ2v) is 8.47. The second-order valence-electron chi connectivity index (χ2n) is 6.64. The molecule has 2 heterocycles. The zero-order valence-corrected chi connectivity index (χ0v) is 18.5. The summed E-state index contributed by atoms with van der Waals surface area (Å²) >= 11 is 2.61. The Morgan fingerprint density at radius 2 is 2.07 bits per heavy atom. The van der Waals surface area contributed by atoms with Gasteiger partial charge in [-0.25, -0.2) is 9.97 Å². The summed E-state index contributed by atoms with van der Waals surface area (Å²) in [7, 11) is 0. The number of carbonyl (C=O) groups excluding carboxylic acids is 2. The van der Waals surface area contributed by atoms with Gasteiger partial charge in [-0.3, -0.25) is 14.2 Å². The molecule has 0 aliphatic heterocycles. The number of carbonyl (C=O) groups is 2. The first-order valence-electron chi connectivity index (χ1n) is 9.25. The third-order valence-corrected chi connectivity index (χ3v) is 6.32. The number of nitrogens with zero attached hydrogens (tertiary/aromatic N) is 3. The maximum atomic E-state index is 12.9. The zero-order chi connectivity index (χ0) is 21.0. The number of imidazole rings is 1. The van der Waals surface area contributed by atoms with Gasteiger partial charge in [-0.1, -0.05) is 23.9 Å². The molecule has 0 fully saturated rings. The van der Waals surface area contributed by atoms with Gasteiger partial charge in [0, 0.05) is 23.5 Å². The molecule has 0 aliphatic rings. The minimum Gasteiger partial charge on any atom is -0.465 e. The summed E-state index contributed by atoms with van der Waals surface area (Å²) in [5.41, 5.74) is 4.07. The first-order valence-corrected chi connectivity index (χ1v) is 11.1. The number of benzene rings is 1. The van der Waals surface area contributed by atoms with Crippen LogP contribution in [0.2, 0.25) is 0 Å². The number of ether oxygens (including phenoxy) is 1. The van der Waals surface area contributed by atoms with Gasteiger partial charge in [0.1, 0.15) is 5.01 Å². The first kappa shape index (κ1) is 21.3. The van der Waals surface area contributed by atoms with E-state index in [9.17, 15) is 9.59 Å². The minimum atomic E-state index is -0.995. The van der Waals surface area contributed by atoms with E-state index in [4.69, 9.17) is 4.74 Å². The molecule has 0 N–H and O–H groups in total. The average molecular weight is 430 g/mol. The average Bonchev–Trinajstić information content (AvgIpc) is 3.31. The molecule has 0 unspecified atom stereocenters. The molecule has 0 saturated heterocycles. The van der Waals surface area contributed by atoms with Gasteiger partial charge in [0.2, 0.25) is 0 Å². The van der Waals surface area contributed by atoms with Crippen molar-refractivity contribution in [3.8, 4) is 5.69 Å². The number of rotatable bonds is 8. The van der Waals surface area contributed by atoms with E-state index in [1.165, 1.54) is 23.1 Å². The number of thioether (sulfide) groups is 1. The molecule has 2 aromatic heterocycles. The number of Topliss-reactive ketones (excluding diaryl/α,β-unsaturated/α-hetero) is 1. The Labute approximate surface area is 178 Å². The molecule has 6 nitrogen and oxygen atoms in total. The summed E-state index contributed by atoms with van der Waals surface area (Å²) in [6, 6.07) is 6.21. The van der Waals surface area contributed by atoms with Gasteiger partial charge in [0.15, 0.2) is 16.9 Å². The molecule has 0 saturated carbocycles. The van der Waals surface area contributed by atoms with E-state index in [1.54, 1.807) is 13.1 Å². The molecule has 3 rings (SSSR count). The molecule has 3 aromatic rings. The molecule has 152 valence electrons. The Kier molecular flexibility index (Phi) is 6.87. The highest BCUT2D eigenvalue weighted by molar-refractivity contribution is 7.99. The quantitative estimate of drug-likeness (QED) is 0.303. The number of aromatic nitrogens is 3. The summed E-state index contributed by atoms with van der Waals surface area (Å²) in [6.07, 6.45) is 3.59. The van der Waals surface area contributed by atoms with Crippen LogP contribution in [0.15, 0.2) is 41.1 Å². The van der Waals surface area contributed by atoms with Crippen LogP contribution in [-0.4, -0.2) is 38.6 Å². The topological polar surface area (TPSA) is 74.1 Å². The van der Waals surface area contributed by atoms with Crippen molar-refractivity contribution in [3.63, 3.8) is 0 Å². The molecule has 8 heteroatoms. The third-order valence-electron chi connectivity index (χ3n) is 4.30. The minimum absolute atomic E-state index is 0.101. The fourth-order valence-corrected chi connectivity index (χ4v) is 4.65. The van der Waals surface area contributed by atoms with Crippen molar-refractivity contribution in [2.75, 3.05) is 12.4 Å². The van der Waals surface area contributed by atoms with Gasteiger partial charge in [-0.05, 0) is 44.9 Å². The van der Waals surface area contributed by atoms with Crippen LogP contribution < -0.4 is 0 Å². The highest BCUT2D eigenvalue weighted by atomic mass is 32.2. The number of hydrogen-bond donors (Lipinski definition) is 0. The van der Waals surface area contributed by atoms with Crippen LogP contribution in [0.4, 0.5) is 0 Å². The van der Waals surface area contributed by atoms with Crippen molar-refractivity contribution in [2.24, 2.45) is 0 Å². The Morgan fingerprint density at radius 1 is 1.28 bits per heavy atom. The summed E-state index contributed by atoms with van der Waals surface area (Å²) < 4.78 is 7.09. The normalized spacial score (nSPS) is 12.0. The predicted molar refractivity (Wildman–Crippen MR) is 115 cm³/mol. The molecular weight excluding hydrogens is 406 g/mol. The maximum Gasteiger partial charge on any atom is 0.323 e. The summed E-state index contributed by atoms with van der Waals surface area (Å²) in [6.45, 7) is 7.86. The Balaban J connectivity index is 1.80. The lowest BCUT2D eigenvalue weighted by Gasteiger charge is -2.13. The molecule has 0 amide bonds. The number of aryl methyl sites for hydroxylation is 3. The highest BCUT2D eigenvalue weighted by Gasteiger charge is 2.32. The number of thiazole rings is 1. The van der Waals surface area contributed by atoms with Crippen LogP contribution in [0, 0.1) is 20.8 Å². The van der Waals surface area contributed by atoms with Crippen molar-refractivity contribution in [2.45, 2.75) is 38.8 Å². The summed E-state index contributed by atoms with van der Waals surface area (Å²) in [5.74, 6) is -1.68. The van der Waals surface area contributed by atoms with Crippen LogP contribution in [0.1, 0.15) is 34.7 Å². The molecule has 0 spiro atoms. The standard InChI is InChI=1S/C21H23N3O3S2/c1-5-27-20(26)18(19-23-15(4)11-28-19)17(25)12-29-21-22-8-9-24(21)16-10-13(2)6-7-14(16)3/h6-11,18H,5,12H2,1-4H3/t18-/m0/s1. The molecular formula is C21H23N3O3S2. The van der Waals surface area contributed by atoms with E-state index in [2.05, 4.69) is 28.2 Å². The van der Waals surface area contributed by atoms with Crippen molar-refractivity contribution in [1.82, 2.24) is 14.5 Å². The monoisotopic (exact) mass is 429 g/mol. The van der Waals surface area contributed by atoms with Gasteiger partial charge >= 0.3 is 5.97 Å². The smallest absolute Gasteiger partial charge is 0.323 e. The van der Waals surface area contributed by atoms with Crippen molar-refractivity contribution < 1.29 is 14.3 Å². The summed E-state index contributed by atoms with van der Waals surface area (Å²) in [4.78, 5) is 34.1. The fraction of sp³-hybridized carbons (Fsp3) is 0.333. The van der Waals surface area contributed by atoms with Crippen LogP contribution in [0.3, 0.4) is 0 Å². The van der Waals surface area contributed by atoms with Crippen LogP contribution in [0.25, 0.3) is 5.69 Å². The second kappa shape index (κ2) is 9.37. The largest absolute Gasteiger partial charge is 0.465 e. The lowest BCUT2D eigenvalue weighted by atomic mass is 10.1. The van der Waals surface area contributed by atoms with E-state index in [0.717, 1.165) is 22.5 Å². The van der Waals surface area contributed by atoms with E-state index < -0.39 is 11.9 Å². The van der Waals surface area contributed by atoms with Crippen LogP contribution in [-0.2, 0) is 14.3 Å². The lowest BCUT2D eigenvalue weighted by molar-refractivity contribution is -0.147. The Bertz CT molecular complexity index is 1030. The number of hydrogen-bond acceptors (Lipinski definition) is 7. The van der Waals surface area contributed by atoms with E-state index in [1.807, 2.05) is 36.9 Å².